The van der Waals surface area contributed by atoms with Gasteiger partial charge in [-0.1, -0.05) is 74.3 Å². The summed E-state index contributed by atoms with van der Waals surface area (Å²) in [6.45, 7) is 0. The van der Waals surface area contributed by atoms with Gasteiger partial charge in [0.15, 0.2) is 10.2 Å². The second-order valence-electron chi connectivity index (χ2n) is 6.47. The van der Waals surface area contributed by atoms with Crippen molar-refractivity contribution in [2.24, 2.45) is 21.7 Å². The lowest BCUT2D eigenvalue weighted by atomic mass is 9.96. The number of benzene rings is 3. The van der Waals surface area contributed by atoms with E-state index >= 15 is 0 Å². The van der Waals surface area contributed by atoms with Crippen LogP contribution in [-0.2, 0) is 0 Å². The zero-order valence-corrected chi connectivity index (χ0v) is 21.4. The SMILES string of the molecule is NC(=S)N/N=C(/c1ccc(Br)cc1)c1cccc(/C(=N/NC(N)=S)c2ccc(Br)cc2)c1. The van der Waals surface area contributed by atoms with Gasteiger partial charge in [-0.25, -0.2) is 0 Å². The van der Waals surface area contributed by atoms with Crippen LogP contribution in [0.1, 0.15) is 22.3 Å². The Kier molecular flexibility index (Phi) is 8.46. The predicted molar refractivity (Wildman–Crippen MR) is 146 cm³/mol. The van der Waals surface area contributed by atoms with E-state index in [0.717, 1.165) is 31.2 Å². The van der Waals surface area contributed by atoms with Crippen molar-refractivity contribution in [1.29, 1.82) is 0 Å². The van der Waals surface area contributed by atoms with Gasteiger partial charge < -0.3 is 11.5 Å². The first-order valence-electron chi connectivity index (χ1n) is 9.22. The summed E-state index contributed by atoms with van der Waals surface area (Å²) in [5, 5.41) is 9.02. The first kappa shape index (κ1) is 24.0. The lowest BCUT2D eigenvalue weighted by molar-refractivity contribution is 1.03. The van der Waals surface area contributed by atoms with Gasteiger partial charge in [-0.3, -0.25) is 10.9 Å². The quantitative estimate of drug-likeness (QED) is 0.193. The largest absolute Gasteiger partial charge is 0.375 e. The van der Waals surface area contributed by atoms with Crippen LogP contribution in [0.2, 0.25) is 0 Å². The Morgan fingerprint density at radius 1 is 0.625 bits per heavy atom. The molecule has 162 valence electrons. The Morgan fingerprint density at radius 3 is 1.34 bits per heavy atom. The van der Waals surface area contributed by atoms with Crippen LogP contribution in [-0.4, -0.2) is 21.6 Å². The molecule has 0 bridgehead atoms. The van der Waals surface area contributed by atoms with Gasteiger partial charge in [0.2, 0.25) is 0 Å². The van der Waals surface area contributed by atoms with Crippen LogP contribution in [0.5, 0.6) is 0 Å². The van der Waals surface area contributed by atoms with E-state index in [1.807, 2.05) is 72.8 Å². The first-order valence-corrected chi connectivity index (χ1v) is 11.6. The van der Waals surface area contributed by atoms with E-state index in [-0.39, 0.29) is 10.2 Å². The van der Waals surface area contributed by atoms with Crippen molar-refractivity contribution in [1.82, 2.24) is 10.9 Å². The molecule has 6 N–H and O–H groups in total. The number of nitrogens with one attached hydrogen (secondary N) is 2. The maximum absolute atomic E-state index is 5.61. The zero-order valence-electron chi connectivity index (χ0n) is 16.5. The molecule has 0 spiro atoms. The van der Waals surface area contributed by atoms with Gasteiger partial charge >= 0.3 is 0 Å². The molecule has 3 aromatic carbocycles. The molecule has 3 rings (SSSR count). The maximum atomic E-state index is 5.61. The molecule has 0 fully saturated rings. The molecule has 0 saturated heterocycles. The van der Waals surface area contributed by atoms with Crippen molar-refractivity contribution in [3.63, 3.8) is 0 Å². The molecule has 0 heterocycles. The smallest absolute Gasteiger partial charge is 0.184 e. The second-order valence-corrected chi connectivity index (χ2v) is 9.18. The van der Waals surface area contributed by atoms with Gasteiger partial charge in [0.1, 0.15) is 0 Å². The molecule has 0 atom stereocenters. The Hall–Kier alpha value is -2.66. The van der Waals surface area contributed by atoms with E-state index in [2.05, 4.69) is 52.9 Å². The van der Waals surface area contributed by atoms with Crippen LogP contribution in [0.25, 0.3) is 0 Å². The van der Waals surface area contributed by atoms with Crippen molar-refractivity contribution in [2.75, 3.05) is 0 Å². The summed E-state index contributed by atoms with van der Waals surface area (Å²) in [6, 6.07) is 23.4. The number of hydrazone groups is 2. The number of rotatable bonds is 6. The summed E-state index contributed by atoms with van der Waals surface area (Å²) in [7, 11) is 0. The van der Waals surface area contributed by atoms with Gasteiger partial charge in [-0.15, -0.1) is 0 Å². The van der Waals surface area contributed by atoms with E-state index < -0.39 is 0 Å². The third kappa shape index (κ3) is 6.67. The molecule has 0 radical (unpaired) electrons. The number of nitrogens with two attached hydrogens (primary N) is 2. The zero-order chi connectivity index (χ0) is 23.1. The highest BCUT2D eigenvalue weighted by atomic mass is 79.9. The molecule has 6 nitrogen and oxygen atoms in total. The Balaban J connectivity index is 2.10. The summed E-state index contributed by atoms with van der Waals surface area (Å²) in [5.74, 6) is 0. The minimum Gasteiger partial charge on any atom is -0.375 e. The third-order valence-corrected chi connectivity index (χ3v) is 5.44. The minimum absolute atomic E-state index is 0.0774. The summed E-state index contributed by atoms with van der Waals surface area (Å²) < 4.78 is 1.93. The Labute approximate surface area is 213 Å². The van der Waals surface area contributed by atoms with E-state index in [0.29, 0.717) is 11.4 Å². The van der Waals surface area contributed by atoms with Crippen molar-refractivity contribution in [3.8, 4) is 0 Å². The Morgan fingerprint density at radius 2 is 1.00 bits per heavy atom. The molecule has 0 aliphatic heterocycles. The number of hydrogen-bond donors (Lipinski definition) is 4. The van der Waals surface area contributed by atoms with Crippen LogP contribution in [0.15, 0.2) is 91.9 Å². The number of nitrogens with zero attached hydrogens (tertiary/aromatic N) is 2. The third-order valence-electron chi connectivity index (χ3n) is 4.20. The van der Waals surface area contributed by atoms with Gasteiger partial charge in [0.25, 0.3) is 0 Å². The van der Waals surface area contributed by atoms with Crippen molar-refractivity contribution in [3.05, 3.63) is 104 Å². The normalized spacial score (nSPS) is 11.7. The predicted octanol–water partition coefficient (Wildman–Crippen LogP) is 4.38. The number of hydrogen-bond acceptors (Lipinski definition) is 4. The molecule has 0 unspecified atom stereocenters. The molecule has 0 aliphatic carbocycles. The highest BCUT2D eigenvalue weighted by Gasteiger charge is 2.13. The topological polar surface area (TPSA) is 101 Å². The van der Waals surface area contributed by atoms with Crippen LogP contribution in [0.4, 0.5) is 0 Å². The Bertz CT molecular complexity index is 1100. The van der Waals surface area contributed by atoms with E-state index in [9.17, 15) is 0 Å². The lowest BCUT2D eigenvalue weighted by Crippen LogP contribution is -2.26. The molecule has 0 aliphatic rings. The summed E-state index contributed by atoms with van der Waals surface area (Å²) >= 11 is 16.8. The molecular formula is C22H18Br2N6S2. The number of halogens is 2. The summed E-state index contributed by atoms with van der Waals surface area (Å²) in [4.78, 5) is 0. The van der Waals surface area contributed by atoms with Crippen LogP contribution in [0, 0.1) is 0 Å². The molecule has 0 amide bonds. The highest BCUT2D eigenvalue weighted by Crippen LogP contribution is 2.19. The van der Waals surface area contributed by atoms with Crippen molar-refractivity contribution in [2.45, 2.75) is 0 Å². The first-order chi connectivity index (χ1) is 15.3. The van der Waals surface area contributed by atoms with Gasteiger partial charge in [0.05, 0.1) is 11.4 Å². The fourth-order valence-corrected chi connectivity index (χ4v) is 3.46. The van der Waals surface area contributed by atoms with E-state index in [4.69, 9.17) is 35.9 Å². The molecule has 0 aromatic heterocycles. The summed E-state index contributed by atoms with van der Waals surface area (Å²) in [5.41, 5.74) is 21.4. The van der Waals surface area contributed by atoms with Crippen molar-refractivity contribution < 1.29 is 0 Å². The van der Waals surface area contributed by atoms with Gasteiger partial charge in [-0.2, -0.15) is 10.2 Å². The second kappa shape index (κ2) is 11.3. The molecule has 32 heavy (non-hydrogen) atoms. The standard InChI is InChI=1S/C22H18Br2N6S2/c23-17-8-4-13(5-9-17)19(27-29-21(25)31)15-2-1-3-16(12-15)20(28-30-22(26)32)14-6-10-18(24)11-7-14/h1-12H,(H3,25,29,31)(H3,26,30,32)/b27-19-,28-20+. The number of thiocarbonyl (C=S) groups is 2. The fraction of sp³-hybridized carbons (Fsp3) is 0. The van der Waals surface area contributed by atoms with Crippen molar-refractivity contribution >= 4 is 77.9 Å². The summed E-state index contributed by atoms with van der Waals surface area (Å²) in [6.07, 6.45) is 0. The van der Waals surface area contributed by atoms with Gasteiger partial charge in [-0.05, 0) is 54.8 Å². The molecule has 0 saturated carbocycles. The van der Waals surface area contributed by atoms with E-state index in [1.165, 1.54) is 0 Å². The minimum atomic E-state index is 0.0774. The van der Waals surface area contributed by atoms with Crippen LogP contribution in [0.3, 0.4) is 0 Å². The van der Waals surface area contributed by atoms with Crippen LogP contribution >= 0.6 is 56.3 Å². The molecule has 10 heteroatoms. The van der Waals surface area contributed by atoms with Crippen LogP contribution < -0.4 is 22.3 Å². The average Bonchev–Trinajstić information content (AvgIpc) is 2.76. The average molecular weight is 590 g/mol. The molecular weight excluding hydrogens is 572 g/mol. The monoisotopic (exact) mass is 588 g/mol. The van der Waals surface area contributed by atoms with Gasteiger partial charge in [0, 0.05) is 31.2 Å². The fourth-order valence-electron chi connectivity index (χ4n) is 2.84. The molecule has 3 aromatic rings. The maximum Gasteiger partial charge on any atom is 0.184 e. The van der Waals surface area contributed by atoms with E-state index in [1.54, 1.807) is 0 Å². The highest BCUT2D eigenvalue weighted by molar-refractivity contribution is 9.10. The lowest BCUT2D eigenvalue weighted by Gasteiger charge is -2.12.